The summed E-state index contributed by atoms with van der Waals surface area (Å²) in [5.74, 6) is -9.77. The van der Waals surface area contributed by atoms with Gasteiger partial charge in [0.25, 0.3) is 5.91 Å². The van der Waals surface area contributed by atoms with Crippen molar-refractivity contribution in [1.29, 1.82) is 0 Å². The molecule has 4 rings (SSSR count). The van der Waals surface area contributed by atoms with Crippen molar-refractivity contribution in [3.8, 4) is 11.4 Å². The molecule has 0 saturated heterocycles. The summed E-state index contributed by atoms with van der Waals surface area (Å²) in [6, 6.07) is 11.2. The number of rotatable bonds is 8. The molecule has 0 bridgehead atoms. The number of carbonyl (C=O) groups is 2. The molecule has 0 aliphatic carbocycles. The van der Waals surface area contributed by atoms with Gasteiger partial charge in [0.05, 0.1) is 18.5 Å². The van der Waals surface area contributed by atoms with Gasteiger partial charge in [0, 0.05) is 6.07 Å². The van der Waals surface area contributed by atoms with Gasteiger partial charge < -0.3 is 19.2 Å². The summed E-state index contributed by atoms with van der Waals surface area (Å²) in [5.41, 5.74) is 0.534. The van der Waals surface area contributed by atoms with E-state index in [1.807, 2.05) is 0 Å². The Balaban J connectivity index is 1.55. The third-order valence-corrected chi connectivity index (χ3v) is 4.81. The molecule has 0 aliphatic rings. The lowest BCUT2D eigenvalue weighted by atomic mass is 10.3. The summed E-state index contributed by atoms with van der Waals surface area (Å²) < 4.78 is 70.8. The Hall–Kier alpha value is -4.61. The molecule has 2 heterocycles. The number of benzene rings is 2. The fraction of sp³-hybridized carbons (Fsp3) is 0.125. The Morgan fingerprint density at radius 3 is 2.39 bits per heavy atom. The molecule has 12 heteroatoms. The van der Waals surface area contributed by atoms with Crippen LogP contribution in [0.2, 0.25) is 0 Å². The maximum Gasteiger partial charge on any atom is 0.343 e. The molecule has 1 amide bonds. The van der Waals surface area contributed by atoms with Gasteiger partial charge in [-0.15, -0.1) is 0 Å². The Bertz CT molecular complexity index is 1390. The molecule has 0 saturated carbocycles. The zero-order valence-electron chi connectivity index (χ0n) is 18.6. The normalized spacial score (nSPS) is 10.8. The highest BCUT2D eigenvalue weighted by atomic mass is 19.2. The standard InChI is InChI=1S/C24H17F4N3O5/c1-2-34-24(33)15-11-29-31(13-6-4-3-5-7-13)22(15)30-23(32)18-9-8-14(36-18)12-35-21-19(27)16(25)10-17(26)20(21)28/h3-11H,2,12H2,1H3,(H,30,32). The minimum Gasteiger partial charge on any atom is -0.479 e. The lowest BCUT2D eigenvalue weighted by molar-refractivity contribution is 0.0527. The largest absolute Gasteiger partial charge is 0.479 e. The van der Waals surface area contributed by atoms with Crippen LogP contribution in [0, 0.1) is 23.3 Å². The predicted octanol–water partition coefficient (Wildman–Crippen LogP) is 5.03. The fourth-order valence-electron chi connectivity index (χ4n) is 3.16. The number of amides is 1. The first-order valence-electron chi connectivity index (χ1n) is 10.5. The summed E-state index contributed by atoms with van der Waals surface area (Å²) in [7, 11) is 0. The van der Waals surface area contributed by atoms with Gasteiger partial charge in [-0.1, -0.05) is 18.2 Å². The van der Waals surface area contributed by atoms with Crippen LogP contribution in [0.4, 0.5) is 23.4 Å². The number of para-hydroxylation sites is 1. The molecule has 186 valence electrons. The van der Waals surface area contributed by atoms with Crippen LogP contribution < -0.4 is 10.1 Å². The SMILES string of the molecule is CCOC(=O)c1cnn(-c2ccccc2)c1NC(=O)c1ccc(COc2c(F)c(F)cc(F)c2F)o1. The van der Waals surface area contributed by atoms with Gasteiger partial charge in [0.1, 0.15) is 17.9 Å². The molecule has 0 spiro atoms. The van der Waals surface area contributed by atoms with Gasteiger partial charge in [-0.3, -0.25) is 4.79 Å². The van der Waals surface area contributed by atoms with Crippen LogP contribution in [0.1, 0.15) is 33.6 Å². The lowest BCUT2D eigenvalue weighted by Gasteiger charge is -2.10. The van der Waals surface area contributed by atoms with Crippen LogP contribution in [-0.4, -0.2) is 28.3 Å². The molecule has 4 aromatic rings. The molecule has 0 radical (unpaired) electrons. The van der Waals surface area contributed by atoms with E-state index in [0.29, 0.717) is 5.69 Å². The highest BCUT2D eigenvalue weighted by Crippen LogP contribution is 2.28. The van der Waals surface area contributed by atoms with E-state index in [1.54, 1.807) is 37.3 Å². The second kappa shape index (κ2) is 10.3. The molecule has 2 aromatic carbocycles. The Labute approximate surface area is 201 Å². The van der Waals surface area contributed by atoms with E-state index in [9.17, 15) is 27.2 Å². The maximum atomic E-state index is 13.8. The lowest BCUT2D eigenvalue weighted by Crippen LogP contribution is -2.17. The van der Waals surface area contributed by atoms with E-state index in [1.165, 1.54) is 23.0 Å². The quantitative estimate of drug-likeness (QED) is 0.206. The van der Waals surface area contributed by atoms with Crippen LogP contribution in [0.25, 0.3) is 5.69 Å². The molecule has 0 fully saturated rings. The summed E-state index contributed by atoms with van der Waals surface area (Å²) in [5, 5.41) is 6.69. The summed E-state index contributed by atoms with van der Waals surface area (Å²) >= 11 is 0. The van der Waals surface area contributed by atoms with Crippen molar-refractivity contribution in [2.75, 3.05) is 11.9 Å². The van der Waals surface area contributed by atoms with Crippen LogP contribution in [0.5, 0.6) is 5.75 Å². The molecule has 0 aliphatic heterocycles. The van der Waals surface area contributed by atoms with Crippen molar-refractivity contribution in [1.82, 2.24) is 9.78 Å². The number of nitrogens with one attached hydrogen (secondary N) is 1. The van der Waals surface area contributed by atoms with E-state index in [-0.39, 0.29) is 35.6 Å². The summed E-state index contributed by atoms with van der Waals surface area (Å²) in [4.78, 5) is 25.2. The molecule has 0 unspecified atom stereocenters. The van der Waals surface area contributed by atoms with Gasteiger partial charge in [-0.05, 0) is 31.2 Å². The average Bonchev–Trinajstić information content (AvgIpc) is 3.51. The Morgan fingerprint density at radius 2 is 1.72 bits per heavy atom. The fourth-order valence-corrected chi connectivity index (χ4v) is 3.16. The summed E-state index contributed by atoms with van der Waals surface area (Å²) in [6.45, 7) is 1.08. The highest BCUT2D eigenvalue weighted by molar-refractivity contribution is 6.06. The van der Waals surface area contributed by atoms with Gasteiger partial charge in [-0.2, -0.15) is 13.9 Å². The van der Waals surface area contributed by atoms with E-state index < -0.39 is 47.5 Å². The van der Waals surface area contributed by atoms with E-state index in [4.69, 9.17) is 13.9 Å². The van der Waals surface area contributed by atoms with Crippen molar-refractivity contribution >= 4 is 17.7 Å². The minimum atomic E-state index is -1.71. The van der Waals surface area contributed by atoms with Crippen molar-refractivity contribution in [2.45, 2.75) is 13.5 Å². The van der Waals surface area contributed by atoms with E-state index in [2.05, 4.69) is 10.4 Å². The average molecular weight is 503 g/mol. The number of nitrogens with zero attached hydrogens (tertiary/aromatic N) is 2. The van der Waals surface area contributed by atoms with Crippen LogP contribution >= 0.6 is 0 Å². The Morgan fingerprint density at radius 1 is 1.03 bits per heavy atom. The highest BCUT2D eigenvalue weighted by Gasteiger charge is 2.24. The topological polar surface area (TPSA) is 95.6 Å². The van der Waals surface area contributed by atoms with Crippen LogP contribution in [-0.2, 0) is 11.3 Å². The molecule has 0 atom stereocenters. The molecule has 36 heavy (non-hydrogen) atoms. The van der Waals surface area contributed by atoms with Crippen molar-refractivity contribution in [3.63, 3.8) is 0 Å². The molecule has 8 nitrogen and oxygen atoms in total. The first kappa shape index (κ1) is 24.5. The zero-order valence-corrected chi connectivity index (χ0v) is 18.6. The second-order valence-electron chi connectivity index (χ2n) is 7.18. The third-order valence-electron chi connectivity index (χ3n) is 4.81. The first-order valence-corrected chi connectivity index (χ1v) is 10.5. The van der Waals surface area contributed by atoms with Gasteiger partial charge in [0.15, 0.2) is 29.0 Å². The van der Waals surface area contributed by atoms with Gasteiger partial charge >= 0.3 is 5.97 Å². The smallest absolute Gasteiger partial charge is 0.343 e. The third kappa shape index (κ3) is 4.92. The first-order chi connectivity index (χ1) is 17.3. The molecular weight excluding hydrogens is 486 g/mol. The number of esters is 1. The number of hydrogen-bond donors (Lipinski definition) is 1. The van der Waals surface area contributed by atoms with Gasteiger partial charge in [0.2, 0.25) is 11.6 Å². The number of anilines is 1. The van der Waals surface area contributed by atoms with Crippen molar-refractivity contribution < 1.29 is 41.0 Å². The minimum absolute atomic E-state index is 0.0109. The van der Waals surface area contributed by atoms with Crippen LogP contribution in [0.15, 0.2) is 59.1 Å². The second-order valence-corrected chi connectivity index (χ2v) is 7.18. The molecule has 1 N–H and O–H groups in total. The molecule has 2 aromatic heterocycles. The van der Waals surface area contributed by atoms with E-state index in [0.717, 1.165) is 0 Å². The van der Waals surface area contributed by atoms with E-state index >= 15 is 0 Å². The summed E-state index contributed by atoms with van der Waals surface area (Å²) in [6.07, 6.45) is 1.24. The number of carbonyl (C=O) groups excluding carboxylic acids is 2. The number of furan rings is 1. The van der Waals surface area contributed by atoms with Gasteiger partial charge in [-0.25, -0.2) is 18.3 Å². The maximum absolute atomic E-state index is 13.8. The predicted molar refractivity (Wildman–Crippen MR) is 117 cm³/mol. The number of hydrogen-bond acceptors (Lipinski definition) is 6. The van der Waals surface area contributed by atoms with Crippen molar-refractivity contribution in [2.24, 2.45) is 0 Å². The molecular formula is C24H17F4N3O5. The van der Waals surface area contributed by atoms with Crippen LogP contribution in [0.3, 0.4) is 0 Å². The number of halogens is 4. The zero-order chi connectivity index (χ0) is 25.8. The number of aromatic nitrogens is 2. The monoisotopic (exact) mass is 503 g/mol. The Kier molecular flexibility index (Phi) is 7.04. The number of ether oxygens (including phenoxy) is 2. The van der Waals surface area contributed by atoms with Crippen molar-refractivity contribution in [3.05, 3.63) is 95.1 Å².